The summed E-state index contributed by atoms with van der Waals surface area (Å²) in [7, 11) is 0. The smallest absolute Gasteiger partial charge is 0.410 e. The molecule has 1 aliphatic carbocycles. The first-order chi connectivity index (χ1) is 12.8. The van der Waals surface area contributed by atoms with Crippen LogP contribution in [0.2, 0.25) is 0 Å². The maximum Gasteiger partial charge on any atom is 0.410 e. The fourth-order valence-corrected chi connectivity index (χ4v) is 3.50. The van der Waals surface area contributed by atoms with E-state index >= 15 is 0 Å². The van der Waals surface area contributed by atoms with E-state index in [2.05, 4.69) is 0 Å². The normalized spacial score (nSPS) is 20.3. The molecule has 0 bridgehead atoms. The number of carbonyl (C=O) groups excluding carboxylic acids is 2. The largest absolute Gasteiger partial charge is 0.444 e. The van der Waals surface area contributed by atoms with Crippen molar-refractivity contribution in [3.8, 4) is 0 Å². The zero-order valence-corrected chi connectivity index (χ0v) is 16.4. The van der Waals surface area contributed by atoms with E-state index in [0.717, 1.165) is 25.7 Å². The van der Waals surface area contributed by atoms with Crippen molar-refractivity contribution in [1.29, 1.82) is 0 Å². The Balaban J connectivity index is 1.77. The molecule has 1 aliphatic heterocycles. The summed E-state index contributed by atoms with van der Waals surface area (Å²) in [6.45, 7) is 6.22. The van der Waals surface area contributed by atoms with Gasteiger partial charge in [-0.1, -0.05) is 18.2 Å². The number of ether oxygens (including phenoxy) is 1. The van der Waals surface area contributed by atoms with Gasteiger partial charge in [-0.3, -0.25) is 9.69 Å². The molecule has 6 heteroatoms. The monoisotopic (exact) mass is 376 g/mol. The number of halogens is 1. The lowest BCUT2D eigenvalue weighted by molar-refractivity contribution is -0.139. The maximum atomic E-state index is 14.1. The highest BCUT2D eigenvalue weighted by atomic mass is 19.1. The Morgan fingerprint density at radius 1 is 1.19 bits per heavy atom. The van der Waals surface area contributed by atoms with Crippen molar-refractivity contribution in [3.05, 3.63) is 35.6 Å². The summed E-state index contributed by atoms with van der Waals surface area (Å²) >= 11 is 0. The second kappa shape index (κ2) is 7.87. The third kappa shape index (κ3) is 4.99. The SMILES string of the molecule is CC(C)(C)OC(=O)N1CCCC[C@@H]1C(=O)N(Cc1ccccc1F)C1CC1. The summed E-state index contributed by atoms with van der Waals surface area (Å²) < 4.78 is 19.6. The van der Waals surface area contributed by atoms with E-state index in [-0.39, 0.29) is 24.3 Å². The molecule has 1 saturated carbocycles. The number of nitrogens with zero attached hydrogens (tertiary/aromatic N) is 2. The molecular weight excluding hydrogens is 347 g/mol. The molecule has 2 aliphatic rings. The van der Waals surface area contributed by atoms with Crippen molar-refractivity contribution in [1.82, 2.24) is 9.80 Å². The number of carbonyl (C=O) groups is 2. The number of hydrogen-bond acceptors (Lipinski definition) is 3. The molecule has 1 aromatic carbocycles. The number of hydrogen-bond donors (Lipinski definition) is 0. The van der Waals surface area contributed by atoms with E-state index in [4.69, 9.17) is 4.74 Å². The molecule has 1 saturated heterocycles. The van der Waals surface area contributed by atoms with Crippen LogP contribution in [0.15, 0.2) is 24.3 Å². The molecule has 2 fully saturated rings. The van der Waals surface area contributed by atoms with E-state index < -0.39 is 17.7 Å². The van der Waals surface area contributed by atoms with Crippen molar-refractivity contribution >= 4 is 12.0 Å². The number of piperidine rings is 1. The van der Waals surface area contributed by atoms with E-state index in [0.29, 0.717) is 18.5 Å². The van der Waals surface area contributed by atoms with Crippen molar-refractivity contribution in [2.24, 2.45) is 0 Å². The molecule has 0 spiro atoms. The van der Waals surface area contributed by atoms with Gasteiger partial charge in [0.05, 0.1) is 0 Å². The summed E-state index contributed by atoms with van der Waals surface area (Å²) in [5.41, 5.74) is -0.0942. The average Bonchev–Trinajstić information content (AvgIpc) is 3.44. The first-order valence-electron chi connectivity index (χ1n) is 9.80. The Morgan fingerprint density at radius 3 is 2.52 bits per heavy atom. The predicted octanol–water partition coefficient (Wildman–Crippen LogP) is 4.11. The molecular formula is C21H29FN2O3. The zero-order chi connectivity index (χ0) is 19.6. The fourth-order valence-electron chi connectivity index (χ4n) is 3.50. The quantitative estimate of drug-likeness (QED) is 0.795. The molecule has 2 amide bonds. The second-order valence-electron chi connectivity index (χ2n) is 8.47. The zero-order valence-electron chi connectivity index (χ0n) is 16.4. The third-order valence-corrected chi connectivity index (χ3v) is 4.99. The molecule has 0 radical (unpaired) electrons. The van der Waals surface area contributed by atoms with Crippen molar-refractivity contribution in [2.75, 3.05) is 6.54 Å². The van der Waals surface area contributed by atoms with Crippen LogP contribution in [0.4, 0.5) is 9.18 Å². The first kappa shape index (κ1) is 19.6. The molecule has 0 N–H and O–H groups in total. The highest BCUT2D eigenvalue weighted by molar-refractivity contribution is 5.86. The first-order valence-corrected chi connectivity index (χ1v) is 9.80. The standard InChI is InChI=1S/C21H29FN2O3/c1-21(2,3)27-20(26)23-13-7-6-10-18(23)19(25)24(16-11-12-16)14-15-8-4-5-9-17(15)22/h4-5,8-9,16,18H,6-7,10-14H2,1-3H3/t18-/m1/s1. The maximum absolute atomic E-state index is 14.1. The van der Waals surface area contributed by atoms with Gasteiger partial charge in [0.25, 0.3) is 0 Å². The third-order valence-electron chi connectivity index (χ3n) is 4.99. The highest BCUT2D eigenvalue weighted by Crippen LogP contribution is 2.32. The summed E-state index contributed by atoms with van der Waals surface area (Å²) in [5.74, 6) is -0.394. The minimum Gasteiger partial charge on any atom is -0.444 e. The lowest BCUT2D eigenvalue weighted by atomic mass is 10.0. The van der Waals surface area contributed by atoms with Gasteiger partial charge in [0.15, 0.2) is 0 Å². The van der Waals surface area contributed by atoms with Crippen LogP contribution in [-0.2, 0) is 16.1 Å². The topological polar surface area (TPSA) is 49.9 Å². The van der Waals surface area contributed by atoms with Crippen molar-refractivity contribution in [3.63, 3.8) is 0 Å². The van der Waals surface area contributed by atoms with Crippen LogP contribution in [0.1, 0.15) is 58.4 Å². The van der Waals surface area contributed by atoms with Gasteiger partial charge in [0, 0.05) is 24.7 Å². The van der Waals surface area contributed by atoms with Crippen molar-refractivity contribution in [2.45, 2.75) is 77.1 Å². The molecule has 5 nitrogen and oxygen atoms in total. The van der Waals surface area contributed by atoms with Gasteiger partial charge in [-0.05, 0) is 58.9 Å². The van der Waals surface area contributed by atoms with Crippen LogP contribution in [0.25, 0.3) is 0 Å². The summed E-state index contributed by atoms with van der Waals surface area (Å²) in [5, 5.41) is 0. The summed E-state index contributed by atoms with van der Waals surface area (Å²) in [6.07, 6.45) is 3.80. The van der Waals surface area contributed by atoms with E-state index in [1.165, 1.54) is 6.07 Å². The van der Waals surface area contributed by atoms with Crippen LogP contribution in [0.5, 0.6) is 0 Å². The average molecular weight is 376 g/mol. The Bertz CT molecular complexity index is 697. The second-order valence-corrected chi connectivity index (χ2v) is 8.47. The minimum atomic E-state index is -0.606. The predicted molar refractivity (Wildman–Crippen MR) is 101 cm³/mol. The van der Waals surface area contributed by atoms with Gasteiger partial charge in [-0.25, -0.2) is 9.18 Å². The molecule has 3 rings (SSSR count). The Hall–Kier alpha value is -2.11. The van der Waals surface area contributed by atoms with E-state index in [1.807, 2.05) is 20.8 Å². The Morgan fingerprint density at radius 2 is 1.89 bits per heavy atom. The van der Waals surface area contributed by atoms with Gasteiger partial charge >= 0.3 is 6.09 Å². The number of amides is 2. The Labute approximate surface area is 160 Å². The van der Waals surface area contributed by atoms with Crippen LogP contribution in [0.3, 0.4) is 0 Å². The molecule has 148 valence electrons. The van der Waals surface area contributed by atoms with Crippen LogP contribution in [-0.4, -0.2) is 46.0 Å². The van der Waals surface area contributed by atoms with Gasteiger partial charge in [0.1, 0.15) is 17.5 Å². The Kier molecular flexibility index (Phi) is 5.72. The van der Waals surface area contributed by atoms with Gasteiger partial charge in [0.2, 0.25) is 5.91 Å². The van der Waals surface area contributed by atoms with E-state index in [9.17, 15) is 14.0 Å². The molecule has 1 atom stereocenters. The fraction of sp³-hybridized carbons (Fsp3) is 0.619. The molecule has 27 heavy (non-hydrogen) atoms. The molecule has 1 aromatic rings. The highest BCUT2D eigenvalue weighted by Gasteiger charge is 2.41. The summed E-state index contributed by atoms with van der Waals surface area (Å²) in [6, 6.07) is 6.17. The molecule has 1 heterocycles. The molecule has 0 aromatic heterocycles. The van der Waals surface area contributed by atoms with Crippen LogP contribution >= 0.6 is 0 Å². The van der Waals surface area contributed by atoms with E-state index in [1.54, 1.807) is 28.0 Å². The van der Waals surface area contributed by atoms with Gasteiger partial charge in [-0.2, -0.15) is 0 Å². The van der Waals surface area contributed by atoms with Gasteiger partial charge in [-0.15, -0.1) is 0 Å². The van der Waals surface area contributed by atoms with Crippen molar-refractivity contribution < 1.29 is 18.7 Å². The lowest BCUT2D eigenvalue weighted by Crippen LogP contribution is -2.54. The number of benzene rings is 1. The summed E-state index contributed by atoms with van der Waals surface area (Å²) in [4.78, 5) is 29.3. The molecule has 0 unspecified atom stereocenters. The minimum absolute atomic E-state index is 0.0914. The number of rotatable bonds is 4. The lowest BCUT2D eigenvalue weighted by Gasteiger charge is -2.38. The van der Waals surface area contributed by atoms with Crippen LogP contribution in [0, 0.1) is 5.82 Å². The number of likely N-dealkylation sites (tertiary alicyclic amines) is 1. The van der Waals surface area contributed by atoms with Gasteiger partial charge < -0.3 is 9.64 Å². The van der Waals surface area contributed by atoms with Crippen LogP contribution < -0.4 is 0 Å².